The molecular formula is C40H42N8Na2O8S4. The Morgan fingerprint density at radius 2 is 0.968 bits per heavy atom. The van der Waals surface area contributed by atoms with Gasteiger partial charge in [0.15, 0.2) is 0 Å². The summed E-state index contributed by atoms with van der Waals surface area (Å²) < 4.78 is 78.8. The summed E-state index contributed by atoms with van der Waals surface area (Å²) in [6.07, 6.45) is 9.59. The van der Waals surface area contributed by atoms with Crippen molar-refractivity contribution >= 4 is 79.0 Å². The summed E-state index contributed by atoms with van der Waals surface area (Å²) in [6.45, 7) is 3.36. The van der Waals surface area contributed by atoms with Gasteiger partial charge in [-0.05, 0) is 85.7 Å². The molecule has 0 bridgehead atoms. The fourth-order valence-corrected chi connectivity index (χ4v) is 8.79. The van der Waals surface area contributed by atoms with E-state index in [9.17, 15) is 36.2 Å². The monoisotopic (exact) mass is 936 g/mol. The van der Waals surface area contributed by atoms with E-state index in [0.717, 1.165) is 11.4 Å². The van der Waals surface area contributed by atoms with Crippen LogP contribution in [-0.4, -0.2) is 70.3 Å². The van der Waals surface area contributed by atoms with Gasteiger partial charge in [0.1, 0.15) is 20.2 Å². The number of rotatable bonds is 18. The normalized spacial score (nSPS) is 15.1. The molecule has 4 aromatic rings. The van der Waals surface area contributed by atoms with Gasteiger partial charge in [-0.25, -0.2) is 25.7 Å². The van der Waals surface area contributed by atoms with Crippen LogP contribution in [0.15, 0.2) is 153 Å². The molecule has 0 radical (unpaired) electrons. The van der Waals surface area contributed by atoms with E-state index in [0.29, 0.717) is 21.5 Å². The van der Waals surface area contributed by atoms with Crippen LogP contribution in [-0.2, 0) is 20.2 Å². The molecule has 2 unspecified atom stereocenters. The van der Waals surface area contributed by atoms with Crippen molar-refractivity contribution in [3.05, 3.63) is 154 Å². The Morgan fingerprint density at radius 1 is 0.597 bits per heavy atom. The van der Waals surface area contributed by atoms with Crippen LogP contribution in [0.2, 0.25) is 0 Å². The fraction of sp³-hybridized carbons (Fsp3) is 0.150. The van der Waals surface area contributed by atoms with Crippen molar-refractivity contribution in [3.63, 3.8) is 0 Å². The third-order valence-corrected chi connectivity index (χ3v) is 11.8. The van der Waals surface area contributed by atoms with Gasteiger partial charge < -0.3 is 40.6 Å². The molecule has 4 aromatic carbocycles. The number of aliphatic hydroxyl groups excluding tert-OH is 2. The first-order valence-corrected chi connectivity index (χ1v) is 22.6. The Morgan fingerprint density at radius 3 is 1.31 bits per heavy atom. The second-order valence-corrected chi connectivity index (χ2v) is 18.2. The van der Waals surface area contributed by atoms with Gasteiger partial charge in [0.05, 0.1) is 68.2 Å². The molecule has 2 aliphatic rings. The number of aliphatic hydroxyl groups is 2. The van der Waals surface area contributed by atoms with Gasteiger partial charge in [-0.1, -0.05) is 60.7 Å². The van der Waals surface area contributed by atoms with Crippen molar-refractivity contribution in [2.24, 2.45) is 0 Å². The number of hydrogen-bond donors (Lipinski definition) is 8. The summed E-state index contributed by atoms with van der Waals surface area (Å²) in [5, 5.41) is 33.0. The van der Waals surface area contributed by atoms with E-state index in [1.807, 2.05) is 60.7 Å². The predicted molar refractivity (Wildman–Crippen MR) is 236 cm³/mol. The number of nitrogens with zero attached hydrogens (tertiary/aromatic N) is 2. The average Bonchev–Trinajstić information content (AvgIpc) is 3.20. The summed E-state index contributed by atoms with van der Waals surface area (Å²) in [7, 11) is -10.1. The van der Waals surface area contributed by atoms with E-state index >= 15 is 0 Å². The van der Waals surface area contributed by atoms with Crippen LogP contribution in [0.4, 0.5) is 22.7 Å². The van der Waals surface area contributed by atoms with Crippen LogP contribution in [0.3, 0.4) is 0 Å². The van der Waals surface area contributed by atoms with E-state index in [1.165, 1.54) is 60.3 Å². The molecule has 16 nitrogen and oxygen atoms in total. The maximum atomic E-state index is 12.6. The van der Waals surface area contributed by atoms with Crippen molar-refractivity contribution in [2.75, 3.05) is 34.7 Å². The Bertz CT molecular complexity index is 2380. The summed E-state index contributed by atoms with van der Waals surface area (Å²) in [5.41, 5.74) is 9.79. The molecule has 0 amide bonds. The second kappa shape index (κ2) is 23.4. The molecule has 0 fully saturated rings. The van der Waals surface area contributed by atoms with Gasteiger partial charge in [0.25, 0.3) is 0 Å². The quantitative estimate of drug-likeness (QED) is 0.0279. The molecule has 22 heteroatoms. The van der Waals surface area contributed by atoms with Crippen molar-refractivity contribution in [3.8, 4) is 0 Å². The van der Waals surface area contributed by atoms with Gasteiger partial charge in [-0.2, -0.15) is 0 Å². The fourth-order valence-electron chi connectivity index (χ4n) is 5.65. The van der Waals surface area contributed by atoms with E-state index in [2.05, 4.69) is 32.1 Å². The Balaban J connectivity index is 0.00000422. The van der Waals surface area contributed by atoms with Crippen molar-refractivity contribution < 1.29 is 95.3 Å². The molecule has 8 N–H and O–H groups in total. The van der Waals surface area contributed by atoms with E-state index < -0.39 is 30.0 Å². The van der Waals surface area contributed by atoms with E-state index in [1.54, 1.807) is 59.4 Å². The first-order chi connectivity index (χ1) is 28.6. The van der Waals surface area contributed by atoms with E-state index in [-0.39, 0.29) is 107 Å². The van der Waals surface area contributed by atoms with Crippen LogP contribution < -0.4 is 91.2 Å². The van der Waals surface area contributed by atoms with Crippen LogP contribution in [0.5, 0.6) is 0 Å². The van der Waals surface area contributed by atoms with Gasteiger partial charge in [0, 0.05) is 47.4 Å². The maximum absolute atomic E-state index is 12.6. The van der Waals surface area contributed by atoms with Gasteiger partial charge >= 0.3 is 59.1 Å². The molecule has 2 atom stereocenters. The van der Waals surface area contributed by atoms with Gasteiger partial charge in [-0.15, -0.1) is 0 Å². The molecule has 0 aromatic heterocycles. The molecule has 2 aliphatic heterocycles. The van der Waals surface area contributed by atoms with Crippen LogP contribution in [0.1, 0.15) is 25.0 Å². The minimum absolute atomic E-state index is 0. The molecular weight excluding hydrogens is 895 g/mol. The summed E-state index contributed by atoms with van der Waals surface area (Å²) in [5.74, 6) is 0. The number of hydrogen-bond acceptors (Lipinski definition) is 18. The summed E-state index contributed by atoms with van der Waals surface area (Å²) in [4.78, 5) is -1.17. The molecule has 2 heterocycles. The standard InChI is InChI=1S/C40H44N8O8S4.2Na/c1-27(25-49)41-35-21-39(57-47(23-35)45-31-9-5-3-6-10-31)43-33-17-15-29(37(19-33)59(51,52)53)13-14-30-16-18-34(20-38(30)60(54,55)56)44-40-22-36(42-28(2)26-50)24-48(58-40)46-32-11-7-4-8-12-32;;/h3-24,27-28,41-46,49-50H,25-26H2,1-2H3,(H,51,52,53)(H,54,55,56);;/q;2*+1/p-2. The number of hydrazine groups is 2. The van der Waals surface area contributed by atoms with Crippen molar-refractivity contribution in [1.82, 2.24) is 19.5 Å². The minimum atomic E-state index is -5.06. The SMILES string of the molecule is CC(CO)NC1=CN(Nc2ccccc2)SC(Nc2ccc(C=Cc3ccc(NC4=CC(NC(C)CO)=CN(Nc5ccccc5)S4)cc3S(=O)(=O)[O-])c(S(=O)(=O)[O-])c2)=C1.[Na+].[Na+]. The third-order valence-electron chi connectivity index (χ3n) is 8.42. The zero-order valence-electron chi connectivity index (χ0n) is 34.1. The number of benzene rings is 4. The minimum Gasteiger partial charge on any atom is -0.744 e. The zero-order valence-corrected chi connectivity index (χ0v) is 41.4. The van der Waals surface area contributed by atoms with Gasteiger partial charge in [-0.3, -0.25) is 10.9 Å². The van der Waals surface area contributed by atoms with Crippen molar-refractivity contribution in [2.45, 2.75) is 35.7 Å². The van der Waals surface area contributed by atoms with Crippen molar-refractivity contribution in [1.29, 1.82) is 0 Å². The summed E-state index contributed by atoms with van der Waals surface area (Å²) in [6, 6.07) is 26.4. The molecule has 0 spiro atoms. The smallest absolute Gasteiger partial charge is 0.744 e. The summed E-state index contributed by atoms with van der Waals surface area (Å²) >= 11 is 2.48. The first kappa shape index (κ1) is 51.1. The number of para-hydroxylation sites is 2. The molecule has 6 rings (SSSR count). The topological polar surface area (TPSA) is 234 Å². The molecule has 0 saturated heterocycles. The average molecular weight is 937 g/mol. The zero-order chi connectivity index (χ0) is 42.9. The number of allylic oxidation sites excluding steroid dienone is 2. The number of anilines is 4. The molecule has 316 valence electrons. The maximum Gasteiger partial charge on any atom is 1.00 e. The van der Waals surface area contributed by atoms with Crippen LogP contribution >= 0.6 is 23.9 Å². The Labute approximate surface area is 414 Å². The largest absolute Gasteiger partial charge is 1.00 e. The second-order valence-electron chi connectivity index (χ2n) is 13.4. The Hall–Kier alpha value is -3.58. The van der Waals surface area contributed by atoms with E-state index in [4.69, 9.17) is 0 Å². The predicted octanol–water partition coefficient (Wildman–Crippen LogP) is -0.215. The Kier molecular flexibility index (Phi) is 19.3. The van der Waals surface area contributed by atoms with Crippen LogP contribution in [0.25, 0.3) is 12.2 Å². The third kappa shape index (κ3) is 15.0. The molecule has 0 saturated carbocycles. The van der Waals surface area contributed by atoms with Crippen LogP contribution in [0, 0.1) is 0 Å². The molecule has 0 aliphatic carbocycles. The van der Waals surface area contributed by atoms with Gasteiger partial charge in [0.2, 0.25) is 0 Å². The molecule has 62 heavy (non-hydrogen) atoms. The number of nitrogens with one attached hydrogen (secondary N) is 6. The first-order valence-electron chi connectivity index (χ1n) is 18.3.